The minimum absolute atomic E-state index is 0.0131. The highest BCUT2D eigenvalue weighted by Crippen LogP contribution is 2.39. The quantitative estimate of drug-likeness (QED) is 0.286. The normalized spacial score (nSPS) is 11.5. The number of benzene rings is 2. The molecule has 2 aromatic heterocycles. The van der Waals surface area contributed by atoms with E-state index in [-0.39, 0.29) is 29.4 Å². The Morgan fingerprint density at radius 1 is 1.06 bits per heavy atom. The van der Waals surface area contributed by atoms with E-state index in [4.69, 9.17) is 27.9 Å². The fourth-order valence-corrected chi connectivity index (χ4v) is 4.01. The number of pyridine rings is 1. The number of alkyl halides is 3. The van der Waals surface area contributed by atoms with E-state index in [1.807, 2.05) is 0 Å². The Kier molecular flexibility index (Phi) is 6.78. The second-order valence-electron chi connectivity index (χ2n) is 7.61. The van der Waals surface area contributed by atoms with Gasteiger partial charge in [-0.3, -0.25) is 4.57 Å². The summed E-state index contributed by atoms with van der Waals surface area (Å²) in [5.41, 5.74) is 0.686. The fourth-order valence-electron chi connectivity index (χ4n) is 3.55. The van der Waals surface area contributed by atoms with Crippen molar-refractivity contribution in [2.24, 2.45) is 0 Å². The number of aromatic carboxylic acids is 1. The number of rotatable bonds is 6. The summed E-state index contributed by atoms with van der Waals surface area (Å²) < 4.78 is 48.2. The molecule has 0 saturated heterocycles. The highest BCUT2D eigenvalue weighted by atomic mass is 35.5. The zero-order chi connectivity index (χ0) is 25.3. The number of hydrogen-bond acceptors (Lipinski definition) is 3. The fraction of sp³-hybridized carbons (Fsp3) is 0.120. The number of carbonyl (C=O) groups is 1. The van der Waals surface area contributed by atoms with Crippen LogP contribution in [0.4, 0.5) is 13.2 Å². The molecule has 0 bridgehead atoms. The molecule has 0 saturated carbocycles. The molecule has 5 nitrogen and oxygen atoms in total. The van der Waals surface area contributed by atoms with E-state index >= 15 is 0 Å². The zero-order valence-electron chi connectivity index (χ0n) is 18.1. The third-order valence-electron chi connectivity index (χ3n) is 5.24. The maximum atomic E-state index is 13.6. The largest absolute Gasteiger partial charge is 0.488 e. The van der Waals surface area contributed by atoms with Crippen LogP contribution in [0.1, 0.15) is 27.3 Å². The van der Waals surface area contributed by atoms with E-state index in [9.17, 15) is 23.1 Å². The van der Waals surface area contributed by atoms with Gasteiger partial charge in [-0.05, 0) is 61.5 Å². The van der Waals surface area contributed by atoms with E-state index < -0.39 is 17.7 Å². The van der Waals surface area contributed by atoms with Crippen LogP contribution < -0.4 is 4.74 Å². The van der Waals surface area contributed by atoms with Gasteiger partial charge < -0.3 is 9.84 Å². The van der Waals surface area contributed by atoms with Crippen LogP contribution in [-0.4, -0.2) is 20.6 Å². The molecular weight excluding hydrogens is 504 g/mol. The predicted molar refractivity (Wildman–Crippen MR) is 126 cm³/mol. The second-order valence-corrected chi connectivity index (χ2v) is 8.46. The molecule has 0 unspecified atom stereocenters. The summed E-state index contributed by atoms with van der Waals surface area (Å²) >= 11 is 12.1. The van der Waals surface area contributed by atoms with Gasteiger partial charge in [-0.1, -0.05) is 35.3 Å². The van der Waals surface area contributed by atoms with Crippen LogP contribution in [0, 0.1) is 6.92 Å². The summed E-state index contributed by atoms with van der Waals surface area (Å²) in [6.45, 7) is 1.72. The van der Waals surface area contributed by atoms with Crippen LogP contribution in [-0.2, 0) is 12.8 Å². The minimum atomic E-state index is -4.58. The zero-order valence-corrected chi connectivity index (χ0v) is 19.6. The first-order chi connectivity index (χ1) is 16.5. The molecule has 0 aliphatic rings. The summed E-state index contributed by atoms with van der Waals surface area (Å²) in [6.07, 6.45) is -4.58. The SMILES string of the molecule is Cc1ccc(-c2cc(C(F)(F)F)ccc2OCc2ccc(Cl)cc2Cl)n1-c1cccc(C(=O)O)n1. The van der Waals surface area contributed by atoms with Crippen molar-refractivity contribution in [3.05, 3.63) is 99.3 Å². The van der Waals surface area contributed by atoms with Crippen LogP contribution in [0.25, 0.3) is 17.1 Å². The molecule has 0 amide bonds. The van der Waals surface area contributed by atoms with Crippen LogP contribution in [0.15, 0.2) is 66.7 Å². The third kappa shape index (κ3) is 5.28. The smallest absolute Gasteiger partial charge is 0.416 e. The number of nitrogens with zero attached hydrogens (tertiary/aromatic N) is 2. The number of ether oxygens (including phenoxy) is 1. The Balaban J connectivity index is 1.83. The monoisotopic (exact) mass is 520 g/mol. The molecule has 4 rings (SSSR count). The van der Waals surface area contributed by atoms with Gasteiger partial charge in [0.05, 0.1) is 11.3 Å². The Bertz CT molecular complexity index is 1420. The highest BCUT2D eigenvalue weighted by Gasteiger charge is 2.32. The number of aryl methyl sites for hydroxylation is 1. The summed E-state index contributed by atoms with van der Waals surface area (Å²) in [7, 11) is 0. The maximum Gasteiger partial charge on any atom is 0.416 e. The maximum absolute atomic E-state index is 13.6. The van der Waals surface area contributed by atoms with E-state index in [2.05, 4.69) is 4.98 Å². The van der Waals surface area contributed by atoms with Crippen LogP contribution >= 0.6 is 23.2 Å². The van der Waals surface area contributed by atoms with Gasteiger partial charge >= 0.3 is 12.1 Å². The van der Waals surface area contributed by atoms with Crippen molar-refractivity contribution >= 4 is 29.2 Å². The van der Waals surface area contributed by atoms with Crippen molar-refractivity contribution in [2.75, 3.05) is 0 Å². The average molecular weight is 521 g/mol. The molecule has 0 fully saturated rings. The standard InChI is InChI=1S/C25H17Cl2F3N2O3/c1-14-5-9-21(32(14)23-4-2-3-20(31-23)24(33)34)18-11-16(25(28,29)30)7-10-22(18)35-13-15-6-8-17(26)12-19(15)27/h2-12H,13H2,1H3,(H,33,34). The number of carboxylic acid groups (broad SMARTS) is 1. The van der Waals surface area contributed by atoms with Crippen molar-refractivity contribution in [1.29, 1.82) is 0 Å². The molecule has 4 aromatic rings. The molecule has 0 radical (unpaired) electrons. The molecule has 0 atom stereocenters. The highest BCUT2D eigenvalue weighted by molar-refractivity contribution is 6.35. The Labute approximate surface area is 208 Å². The predicted octanol–water partition coefficient (Wildman–Crippen LogP) is 7.45. The molecule has 35 heavy (non-hydrogen) atoms. The van der Waals surface area contributed by atoms with E-state index in [0.29, 0.717) is 27.0 Å². The summed E-state index contributed by atoms with van der Waals surface area (Å²) in [6, 6.07) is 15.8. The first-order valence-electron chi connectivity index (χ1n) is 10.2. The van der Waals surface area contributed by atoms with Crippen molar-refractivity contribution in [3.63, 3.8) is 0 Å². The summed E-state index contributed by atoms with van der Waals surface area (Å²) in [5, 5.41) is 10.1. The lowest BCUT2D eigenvalue weighted by Gasteiger charge is -2.18. The number of halogens is 5. The average Bonchev–Trinajstić information content (AvgIpc) is 3.19. The van der Waals surface area contributed by atoms with Crippen LogP contribution in [0.3, 0.4) is 0 Å². The minimum Gasteiger partial charge on any atom is -0.488 e. The molecule has 0 aliphatic carbocycles. The summed E-state index contributed by atoms with van der Waals surface area (Å²) in [4.78, 5) is 15.6. The van der Waals surface area contributed by atoms with Crippen molar-refractivity contribution in [2.45, 2.75) is 19.7 Å². The van der Waals surface area contributed by atoms with Gasteiger partial charge in [0.1, 0.15) is 18.2 Å². The Morgan fingerprint density at radius 2 is 1.83 bits per heavy atom. The Hall–Kier alpha value is -3.49. The third-order valence-corrected chi connectivity index (χ3v) is 5.83. The van der Waals surface area contributed by atoms with E-state index in [1.165, 1.54) is 18.2 Å². The van der Waals surface area contributed by atoms with Gasteiger partial charge in [0, 0.05) is 26.9 Å². The number of hydrogen-bond donors (Lipinski definition) is 1. The molecule has 10 heteroatoms. The Morgan fingerprint density at radius 3 is 2.51 bits per heavy atom. The van der Waals surface area contributed by atoms with Gasteiger partial charge in [-0.15, -0.1) is 0 Å². The molecule has 0 spiro atoms. The number of aromatic nitrogens is 2. The van der Waals surface area contributed by atoms with E-state index in [0.717, 1.165) is 12.1 Å². The molecule has 0 aliphatic heterocycles. The molecule has 180 valence electrons. The van der Waals surface area contributed by atoms with Crippen molar-refractivity contribution < 1.29 is 27.8 Å². The van der Waals surface area contributed by atoms with Gasteiger partial charge in [-0.2, -0.15) is 13.2 Å². The van der Waals surface area contributed by atoms with Gasteiger partial charge in [0.25, 0.3) is 0 Å². The van der Waals surface area contributed by atoms with Gasteiger partial charge in [0.2, 0.25) is 0 Å². The first kappa shape index (κ1) is 24.6. The molecule has 2 aromatic carbocycles. The van der Waals surface area contributed by atoms with E-state index in [1.54, 1.807) is 47.9 Å². The lowest BCUT2D eigenvalue weighted by Crippen LogP contribution is -2.09. The van der Waals surface area contributed by atoms with Gasteiger partial charge in [-0.25, -0.2) is 9.78 Å². The lowest BCUT2D eigenvalue weighted by atomic mass is 10.1. The molecule has 1 N–H and O–H groups in total. The molecule has 2 heterocycles. The number of carboxylic acids is 1. The topological polar surface area (TPSA) is 64.3 Å². The molecular formula is C25H17Cl2F3N2O3. The van der Waals surface area contributed by atoms with Gasteiger partial charge in [0.15, 0.2) is 5.69 Å². The summed E-state index contributed by atoms with van der Waals surface area (Å²) in [5.74, 6) is -0.801. The van der Waals surface area contributed by atoms with Crippen molar-refractivity contribution in [3.8, 4) is 22.8 Å². The van der Waals surface area contributed by atoms with Crippen molar-refractivity contribution in [1.82, 2.24) is 9.55 Å². The second kappa shape index (κ2) is 9.64. The first-order valence-corrected chi connectivity index (χ1v) is 11.0. The van der Waals surface area contributed by atoms with Crippen LogP contribution in [0.5, 0.6) is 5.75 Å². The lowest BCUT2D eigenvalue weighted by molar-refractivity contribution is -0.137. The van der Waals surface area contributed by atoms with Crippen LogP contribution in [0.2, 0.25) is 10.0 Å².